The quantitative estimate of drug-likeness (QED) is 0.543. The topological polar surface area (TPSA) is 108 Å². The normalized spacial score (nSPS) is 31.5. The molecule has 11 heteroatoms. The highest BCUT2D eigenvalue weighted by Crippen LogP contribution is 2.44. The molecule has 0 unspecified atom stereocenters. The van der Waals surface area contributed by atoms with Crippen molar-refractivity contribution in [1.29, 1.82) is 0 Å². The first kappa shape index (κ1) is 19.2. The molecule has 1 aliphatic carbocycles. The van der Waals surface area contributed by atoms with Crippen molar-refractivity contribution in [3.63, 3.8) is 0 Å². The smallest absolute Gasteiger partial charge is 0.341 e. The zero-order valence-electron chi connectivity index (χ0n) is 13.6. The Hall–Kier alpha value is -0.560. The van der Waals surface area contributed by atoms with Crippen LogP contribution in [0, 0.1) is 6.92 Å². The van der Waals surface area contributed by atoms with Gasteiger partial charge in [0.1, 0.15) is 18.3 Å². The molecule has 1 N–H and O–H groups in total. The van der Waals surface area contributed by atoms with Crippen molar-refractivity contribution < 1.29 is 26.6 Å². The van der Waals surface area contributed by atoms with Gasteiger partial charge in [-0.2, -0.15) is 8.42 Å². The van der Waals surface area contributed by atoms with E-state index in [1.807, 2.05) is 6.92 Å². The number of nitrogens with zero attached hydrogens (tertiary/aromatic N) is 2. The first-order valence-corrected chi connectivity index (χ1v) is 10.4. The fourth-order valence-electron chi connectivity index (χ4n) is 2.73. The van der Waals surface area contributed by atoms with E-state index in [-0.39, 0.29) is 0 Å². The molecule has 1 fully saturated rings. The number of thioether (sulfide) groups is 1. The van der Waals surface area contributed by atoms with E-state index in [0.29, 0.717) is 9.64 Å². The summed E-state index contributed by atoms with van der Waals surface area (Å²) in [6.07, 6.45) is 1.12. The molecule has 138 valence electrons. The zero-order valence-corrected chi connectivity index (χ0v) is 16.8. The molecule has 0 amide bonds. The van der Waals surface area contributed by atoms with Crippen molar-refractivity contribution in [3.05, 3.63) is 28.5 Å². The van der Waals surface area contributed by atoms with Crippen LogP contribution in [0.2, 0.25) is 0 Å². The van der Waals surface area contributed by atoms with Crippen LogP contribution in [0.15, 0.2) is 28.0 Å². The molecule has 0 aromatic carbocycles. The maximum absolute atomic E-state index is 11.3. The van der Waals surface area contributed by atoms with E-state index >= 15 is 0 Å². The molecule has 1 aliphatic heterocycles. The second-order valence-corrected chi connectivity index (χ2v) is 9.23. The molecule has 1 saturated heterocycles. The van der Waals surface area contributed by atoms with Gasteiger partial charge in [0.25, 0.3) is 0 Å². The molecule has 3 rings (SSSR count). The largest absolute Gasteiger partial charge is 0.397 e. The van der Waals surface area contributed by atoms with Crippen LogP contribution >= 0.6 is 27.7 Å². The van der Waals surface area contributed by atoms with Gasteiger partial charge in [-0.25, -0.2) is 14.2 Å². The Labute approximate surface area is 158 Å². The summed E-state index contributed by atoms with van der Waals surface area (Å²) in [6.45, 7) is 5.28. The van der Waals surface area contributed by atoms with Crippen LogP contribution < -0.4 is 0 Å². The fraction of sp³-hybridized carbons (Fsp3) is 0.571. The van der Waals surface area contributed by atoms with Crippen LogP contribution in [-0.2, 0) is 24.1 Å². The minimum absolute atomic E-state index is 0.460. The summed E-state index contributed by atoms with van der Waals surface area (Å²) >= 11 is 4.67. The van der Waals surface area contributed by atoms with Gasteiger partial charge in [0.2, 0.25) is 0 Å². The van der Waals surface area contributed by atoms with Crippen LogP contribution in [0.1, 0.15) is 19.5 Å². The Morgan fingerprint density at radius 3 is 2.76 bits per heavy atom. The Kier molecular flexibility index (Phi) is 5.28. The van der Waals surface area contributed by atoms with Crippen molar-refractivity contribution in [2.24, 2.45) is 0 Å². The minimum Gasteiger partial charge on any atom is -0.341 e. The third kappa shape index (κ3) is 4.59. The van der Waals surface area contributed by atoms with Gasteiger partial charge in [-0.3, -0.25) is 4.55 Å². The molecule has 2 heterocycles. The van der Waals surface area contributed by atoms with E-state index in [9.17, 15) is 13.0 Å². The highest BCUT2D eigenvalue weighted by molar-refractivity contribution is 9.11. The summed E-state index contributed by atoms with van der Waals surface area (Å²) in [5, 5.41) is -0.0565. The Bertz CT molecular complexity index is 800. The second-order valence-electron chi connectivity index (χ2n) is 6.12. The molecule has 2 aliphatic rings. The monoisotopic (exact) mass is 452 g/mol. The average Bonchev–Trinajstić information content (AvgIpc) is 2.78. The third-order valence-corrected chi connectivity index (χ3v) is 5.88. The lowest BCUT2D eigenvalue weighted by atomic mass is 9.98. The van der Waals surface area contributed by atoms with E-state index in [4.69, 9.17) is 13.7 Å². The number of ether oxygens (including phenoxy) is 2. The summed E-state index contributed by atoms with van der Waals surface area (Å²) in [5.41, 5.74) is 0.781. The van der Waals surface area contributed by atoms with Crippen LogP contribution in [-0.4, -0.2) is 52.3 Å². The Morgan fingerprint density at radius 2 is 2.12 bits per heavy atom. The number of rotatable bonds is 4. The standard InChI is InChI=1S/C14H17BrN2O6S2/c1-7-4-5-16-13(17-7)24-9-6-8(15)10-12(22-14(2,3)21-10)11(9)23-25(18,19)20/h4-6,9-12H,1-3H3,(H,18,19,20)/t9-,10+,11+,12+/m0/s1. The molecule has 1 aromatic rings. The van der Waals surface area contributed by atoms with E-state index in [1.165, 1.54) is 11.8 Å². The molecular weight excluding hydrogens is 436 g/mol. The molecule has 0 saturated carbocycles. The molecule has 4 atom stereocenters. The van der Waals surface area contributed by atoms with Crippen molar-refractivity contribution in [2.75, 3.05) is 0 Å². The van der Waals surface area contributed by atoms with Gasteiger partial charge in [0, 0.05) is 16.4 Å². The third-order valence-electron chi connectivity index (χ3n) is 3.62. The number of hydrogen-bond acceptors (Lipinski definition) is 8. The molecule has 0 radical (unpaired) electrons. The highest BCUT2D eigenvalue weighted by atomic mass is 79.9. The molecule has 0 bridgehead atoms. The van der Waals surface area contributed by atoms with Gasteiger partial charge in [-0.15, -0.1) is 0 Å². The van der Waals surface area contributed by atoms with E-state index in [2.05, 4.69) is 25.9 Å². The molecule has 1 aromatic heterocycles. The number of halogens is 1. The van der Waals surface area contributed by atoms with E-state index in [1.54, 1.807) is 32.2 Å². The zero-order chi connectivity index (χ0) is 18.4. The van der Waals surface area contributed by atoms with Gasteiger partial charge < -0.3 is 9.47 Å². The van der Waals surface area contributed by atoms with Crippen molar-refractivity contribution in [2.45, 2.75) is 55.3 Å². The Balaban J connectivity index is 1.94. The fourth-order valence-corrected chi connectivity index (χ4v) is 5.25. The number of aryl methyl sites for hydroxylation is 1. The lowest BCUT2D eigenvalue weighted by molar-refractivity contribution is -0.150. The van der Waals surface area contributed by atoms with Crippen LogP contribution in [0.5, 0.6) is 0 Å². The lowest BCUT2D eigenvalue weighted by Crippen LogP contribution is -2.47. The van der Waals surface area contributed by atoms with E-state index < -0.39 is 39.7 Å². The predicted octanol–water partition coefficient (Wildman–Crippen LogP) is 2.25. The molecular formula is C14H17BrN2O6S2. The number of hydrogen-bond donors (Lipinski definition) is 1. The molecule has 25 heavy (non-hydrogen) atoms. The Morgan fingerprint density at radius 1 is 1.40 bits per heavy atom. The van der Waals surface area contributed by atoms with Gasteiger partial charge in [-0.1, -0.05) is 33.8 Å². The first-order valence-electron chi connectivity index (χ1n) is 7.39. The molecule has 8 nitrogen and oxygen atoms in total. The van der Waals surface area contributed by atoms with Crippen molar-refractivity contribution in [1.82, 2.24) is 9.97 Å². The average molecular weight is 453 g/mol. The summed E-state index contributed by atoms with van der Waals surface area (Å²) < 4.78 is 49.1. The maximum atomic E-state index is 11.3. The second kappa shape index (κ2) is 6.87. The lowest BCUT2D eigenvalue weighted by Gasteiger charge is -2.33. The first-order chi connectivity index (χ1) is 11.5. The minimum atomic E-state index is -4.68. The summed E-state index contributed by atoms with van der Waals surface area (Å²) in [4.78, 5) is 8.48. The number of aromatic nitrogens is 2. The van der Waals surface area contributed by atoms with Gasteiger partial charge in [0.15, 0.2) is 10.9 Å². The number of fused-ring (bicyclic) bond motifs is 1. The SMILES string of the molecule is Cc1ccnc(S[C@H]2C=C(Br)[C@H]3OC(C)(C)O[C@H]3[C@@H]2OS(=O)(=O)O)n1. The van der Waals surface area contributed by atoms with Crippen LogP contribution in [0.4, 0.5) is 0 Å². The van der Waals surface area contributed by atoms with Gasteiger partial charge >= 0.3 is 10.4 Å². The summed E-state index contributed by atoms with van der Waals surface area (Å²) in [5.74, 6) is -0.914. The van der Waals surface area contributed by atoms with Gasteiger partial charge in [0.05, 0.1) is 5.25 Å². The van der Waals surface area contributed by atoms with Crippen molar-refractivity contribution in [3.8, 4) is 0 Å². The predicted molar refractivity (Wildman–Crippen MR) is 93.7 cm³/mol. The maximum Gasteiger partial charge on any atom is 0.397 e. The van der Waals surface area contributed by atoms with Gasteiger partial charge in [-0.05, 0) is 26.8 Å². The summed E-state index contributed by atoms with van der Waals surface area (Å²) in [7, 11) is -4.68. The van der Waals surface area contributed by atoms with Crippen LogP contribution in [0.3, 0.4) is 0 Å². The van der Waals surface area contributed by atoms with Crippen LogP contribution in [0.25, 0.3) is 0 Å². The molecule has 0 spiro atoms. The summed E-state index contributed by atoms with van der Waals surface area (Å²) in [6, 6.07) is 1.76. The van der Waals surface area contributed by atoms with E-state index in [0.717, 1.165) is 5.69 Å². The highest BCUT2D eigenvalue weighted by Gasteiger charge is 2.53. The van der Waals surface area contributed by atoms with Crippen molar-refractivity contribution >= 4 is 38.1 Å².